The number of piperazine rings is 1. The van der Waals surface area contributed by atoms with Gasteiger partial charge < -0.3 is 14.5 Å². The van der Waals surface area contributed by atoms with Gasteiger partial charge in [-0.15, -0.1) is 0 Å². The molecule has 1 aromatic carbocycles. The summed E-state index contributed by atoms with van der Waals surface area (Å²) >= 11 is 6.01. The number of benzene rings is 1. The van der Waals surface area contributed by atoms with Gasteiger partial charge in [0.05, 0.1) is 25.3 Å². The Hall–Kier alpha value is -1.63. The van der Waals surface area contributed by atoms with E-state index in [0.29, 0.717) is 31.2 Å². The van der Waals surface area contributed by atoms with Crippen molar-refractivity contribution in [3.8, 4) is 0 Å². The lowest BCUT2D eigenvalue weighted by Crippen LogP contribution is -2.55. The second-order valence-corrected chi connectivity index (χ2v) is 7.23. The quantitative estimate of drug-likeness (QED) is 0.817. The Labute approximate surface area is 153 Å². The number of hydrogen-bond acceptors (Lipinski definition) is 4. The standard InChI is InChI=1S/C18H24ClN3O3/c1-13-9-21(10-14(2)25-13)17(23)11-20-6-7-22(18(24)12-20)16-5-3-4-15(19)8-16/h3-5,8,13-14H,6-7,9-12H2,1-2H3/t13-,14+. The van der Waals surface area contributed by atoms with E-state index < -0.39 is 0 Å². The summed E-state index contributed by atoms with van der Waals surface area (Å²) in [5.41, 5.74) is 0.805. The summed E-state index contributed by atoms with van der Waals surface area (Å²) in [4.78, 5) is 30.5. The van der Waals surface area contributed by atoms with E-state index in [4.69, 9.17) is 16.3 Å². The van der Waals surface area contributed by atoms with Crippen LogP contribution in [0.4, 0.5) is 5.69 Å². The van der Waals surface area contributed by atoms with Crippen molar-refractivity contribution >= 4 is 29.1 Å². The van der Waals surface area contributed by atoms with Gasteiger partial charge in [-0.2, -0.15) is 0 Å². The van der Waals surface area contributed by atoms with Crippen LogP contribution in [0.5, 0.6) is 0 Å². The molecule has 136 valence electrons. The number of carbonyl (C=O) groups is 2. The van der Waals surface area contributed by atoms with Crippen LogP contribution in [-0.2, 0) is 14.3 Å². The highest BCUT2D eigenvalue weighted by molar-refractivity contribution is 6.30. The van der Waals surface area contributed by atoms with Crippen LogP contribution in [0.2, 0.25) is 5.02 Å². The molecule has 7 heteroatoms. The van der Waals surface area contributed by atoms with E-state index >= 15 is 0 Å². The average molecular weight is 366 g/mol. The molecule has 0 N–H and O–H groups in total. The van der Waals surface area contributed by atoms with Gasteiger partial charge in [0.15, 0.2) is 0 Å². The number of nitrogens with zero attached hydrogens (tertiary/aromatic N) is 3. The van der Waals surface area contributed by atoms with Crippen molar-refractivity contribution in [3.05, 3.63) is 29.3 Å². The molecule has 3 rings (SSSR count). The van der Waals surface area contributed by atoms with Gasteiger partial charge in [0.2, 0.25) is 11.8 Å². The third-order valence-corrected chi connectivity index (χ3v) is 4.79. The number of morpholine rings is 1. The minimum absolute atomic E-state index is 0.00923. The molecule has 25 heavy (non-hydrogen) atoms. The van der Waals surface area contributed by atoms with Crippen molar-refractivity contribution in [1.82, 2.24) is 9.80 Å². The van der Waals surface area contributed by atoms with Crippen LogP contribution in [0.25, 0.3) is 0 Å². The van der Waals surface area contributed by atoms with Crippen LogP contribution in [0.3, 0.4) is 0 Å². The molecular formula is C18H24ClN3O3. The summed E-state index contributed by atoms with van der Waals surface area (Å²) in [5.74, 6) is 0.0519. The molecule has 0 spiro atoms. The van der Waals surface area contributed by atoms with Crippen molar-refractivity contribution in [2.24, 2.45) is 0 Å². The molecule has 2 aliphatic rings. The fourth-order valence-electron chi connectivity index (χ4n) is 3.45. The van der Waals surface area contributed by atoms with Gasteiger partial charge in [0.25, 0.3) is 0 Å². The van der Waals surface area contributed by atoms with Gasteiger partial charge in [-0.3, -0.25) is 14.5 Å². The number of carbonyl (C=O) groups excluding carboxylic acids is 2. The summed E-state index contributed by atoms with van der Waals surface area (Å²) in [6.45, 7) is 6.91. The van der Waals surface area contributed by atoms with Crippen LogP contribution in [0, 0.1) is 0 Å². The highest BCUT2D eigenvalue weighted by Crippen LogP contribution is 2.21. The fraction of sp³-hybridized carbons (Fsp3) is 0.556. The van der Waals surface area contributed by atoms with E-state index in [9.17, 15) is 9.59 Å². The molecule has 2 atom stereocenters. The molecule has 0 saturated carbocycles. The van der Waals surface area contributed by atoms with Gasteiger partial charge >= 0.3 is 0 Å². The van der Waals surface area contributed by atoms with E-state index in [1.165, 1.54) is 0 Å². The highest BCUT2D eigenvalue weighted by Gasteiger charge is 2.30. The molecule has 0 aromatic heterocycles. The highest BCUT2D eigenvalue weighted by atomic mass is 35.5. The maximum atomic E-state index is 12.5. The van der Waals surface area contributed by atoms with Gasteiger partial charge in [-0.25, -0.2) is 0 Å². The van der Waals surface area contributed by atoms with Crippen LogP contribution >= 0.6 is 11.6 Å². The molecular weight excluding hydrogens is 342 g/mol. The number of halogens is 1. The molecule has 0 bridgehead atoms. The normalized spacial score (nSPS) is 25.3. The predicted molar refractivity (Wildman–Crippen MR) is 96.8 cm³/mol. The summed E-state index contributed by atoms with van der Waals surface area (Å²) in [6, 6.07) is 7.29. The Kier molecular flexibility index (Phi) is 5.61. The number of hydrogen-bond donors (Lipinski definition) is 0. The van der Waals surface area contributed by atoms with E-state index in [-0.39, 0.29) is 37.1 Å². The Morgan fingerprint density at radius 2 is 1.96 bits per heavy atom. The zero-order valence-electron chi connectivity index (χ0n) is 14.7. The fourth-order valence-corrected chi connectivity index (χ4v) is 3.63. The van der Waals surface area contributed by atoms with Crippen molar-refractivity contribution in [3.63, 3.8) is 0 Å². The molecule has 2 aliphatic heterocycles. The second-order valence-electron chi connectivity index (χ2n) is 6.79. The average Bonchev–Trinajstić information content (AvgIpc) is 2.54. The lowest BCUT2D eigenvalue weighted by Gasteiger charge is -2.38. The van der Waals surface area contributed by atoms with Crippen LogP contribution in [-0.4, -0.2) is 73.1 Å². The van der Waals surface area contributed by atoms with Gasteiger partial charge in [0, 0.05) is 36.9 Å². The van der Waals surface area contributed by atoms with E-state index in [0.717, 1.165) is 5.69 Å². The van der Waals surface area contributed by atoms with Crippen LogP contribution in [0.15, 0.2) is 24.3 Å². The first-order chi connectivity index (χ1) is 11.9. The first-order valence-electron chi connectivity index (χ1n) is 8.64. The Balaban J connectivity index is 1.56. The maximum absolute atomic E-state index is 12.5. The minimum atomic E-state index is -0.00923. The molecule has 1 aromatic rings. The third kappa shape index (κ3) is 4.51. The van der Waals surface area contributed by atoms with E-state index in [1.54, 1.807) is 17.0 Å². The molecule has 0 unspecified atom stereocenters. The third-order valence-electron chi connectivity index (χ3n) is 4.55. The molecule has 2 amide bonds. The summed E-state index contributed by atoms with van der Waals surface area (Å²) in [5, 5.41) is 0.610. The van der Waals surface area contributed by atoms with Gasteiger partial charge in [-0.1, -0.05) is 17.7 Å². The molecule has 2 saturated heterocycles. The Morgan fingerprint density at radius 1 is 1.24 bits per heavy atom. The summed E-state index contributed by atoms with van der Waals surface area (Å²) < 4.78 is 5.67. The topological polar surface area (TPSA) is 53.1 Å². The zero-order valence-corrected chi connectivity index (χ0v) is 15.4. The second kappa shape index (κ2) is 7.72. The molecule has 2 heterocycles. The predicted octanol–water partition coefficient (Wildman–Crippen LogP) is 1.62. The van der Waals surface area contributed by atoms with Crippen molar-refractivity contribution in [1.29, 1.82) is 0 Å². The number of anilines is 1. The van der Waals surface area contributed by atoms with Gasteiger partial charge in [-0.05, 0) is 32.0 Å². The lowest BCUT2D eigenvalue weighted by atomic mass is 10.2. The summed E-state index contributed by atoms with van der Waals surface area (Å²) in [7, 11) is 0. The van der Waals surface area contributed by atoms with E-state index in [1.807, 2.05) is 35.8 Å². The maximum Gasteiger partial charge on any atom is 0.241 e. The largest absolute Gasteiger partial charge is 0.372 e. The summed E-state index contributed by atoms with van der Waals surface area (Å²) in [6.07, 6.45) is 0.100. The number of amides is 2. The first-order valence-corrected chi connectivity index (χ1v) is 9.01. The van der Waals surface area contributed by atoms with E-state index in [2.05, 4.69) is 0 Å². The molecule has 0 aliphatic carbocycles. The van der Waals surface area contributed by atoms with Gasteiger partial charge in [0.1, 0.15) is 0 Å². The Morgan fingerprint density at radius 3 is 2.60 bits per heavy atom. The number of rotatable bonds is 3. The Bertz CT molecular complexity index is 644. The zero-order chi connectivity index (χ0) is 18.0. The lowest BCUT2D eigenvalue weighted by molar-refractivity contribution is -0.144. The minimum Gasteiger partial charge on any atom is -0.372 e. The van der Waals surface area contributed by atoms with Crippen molar-refractivity contribution < 1.29 is 14.3 Å². The molecule has 6 nitrogen and oxygen atoms in total. The van der Waals surface area contributed by atoms with Crippen molar-refractivity contribution in [2.45, 2.75) is 26.1 Å². The van der Waals surface area contributed by atoms with Crippen molar-refractivity contribution in [2.75, 3.05) is 44.2 Å². The van der Waals surface area contributed by atoms with Crippen LogP contribution in [0.1, 0.15) is 13.8 Å². The SMILES string of the molecule is C[C@@H]1CN(C(=O)CN2CCN(c3cccc(Cl)c3)C(=O)C2)C[C@H](C)O1. The smallest absolute Gasteiger partial charge is 0.241 e. The molecule has 2 fully saturated rings. The first kappa shape index (κ1) is 18.2. The van der Waals surface area contributed by atoms with Crippen LogP contribution < -0.4 is 4.90 Å². The monoisotopic (exact) mass is 365 g/mol. The number of ether oxygens (including phenoxy) is 1. The molecule has 0 radical (unpaired) electrons.